The third-order valence-electron chi connectivity index (χ3n) is 6.16. The molecule has 0 aromatic heterocycles. The van der Waals surface area contributed by atoms with E-state index in [1.54, 1.807) is 11.8 Å². The fraction of sp³-hybridized carbons (Fsp3) is 0.609. The molecule has 0 spiro atoms. The number of hydrogen-bond acceptors (Lipinski definition) is 4. The molecule has 1 N–H and O–H groups in total. The van der Waals surface area contributed by atoms with Crippen LogP contribution in [0.15, 0.2) is 24.3 Å². The van der Waals surface area contributed by atoms with Crippen molar-refractivity contribution >= 4 is 17.8 Å². The van der Waals surface area contributed by atoms with Gasteiger partial charge in [0, 0.05) is 25.2 Å². The molecule has 1 saturated heterocycles. The van der Waals surface area contributed by atoms with Crippen LogP contribution in [0.3, 0.4) is 0 Å². The van der Waals surface area contributed by atoms with Gasteiger partial charge in [0.05, 0.1) is 5.92 Å². The van der Waals surface area contributed by atoms with Crippen molar-refractivity contribution in [2.45, 2.75) is 58.0 Å². The van der Waals surface area contributed by atoms with Crippen molar-refractivity contribution < 1.29 is 23.5 Å². The van der Waals surface area contributed by atoms with Gasteiger partial charge in [0.15, 0.2) is 6.10 Å². The molecule has 2 aliphatic rings. The van der Waals surface area contributed by atoms with Crippen molar-refractivity contribution in [2.24, 2.45) is 11.8 Å². The van der Waals surface area contributed by atoms with Crippen LogP contribution in [0.1, 0.15) is 62.2 Å². The molecule has 1 heterocycles. The minimum atomic E-state index is -0.819. The molecule has 1 aromatic rings. The molecule has 6 nitrogen and oxygen atoms in total. The maximum Gasteiger partial charge on any atom is 0.309 e. The lowest BCUT2D eigenvalue weighted by molar-refractivity contribution is -0.160. The van der Waals surface area contributed by atoms with E-state index in [4.69, 9.17) is 4.74 Å². The number of hydrogen-bond donors (Lipinski definition) is 1. The van der Waals surface area contributed by atoms with Crippen LogP contribution in [0.2, 0.25) is 0 Å². The Morgan fingerprint density at radius 3 is 2.33 bits per heavy atom. The topological polar surface area (TPSA) is 75.7 Å². The number of rotatable bonds is 6. The van der Waals surface area contributed by atoms with E-state index >= 15 is 0 Å². The Morgan fingerprint density at radius 2 is 1.70 bits per heavy atom. The summed E-state index contributed by atoms with van der Waals surface area (Å²) < 4.78 is 18.4. The second kappa shape index (κ2) is 10.5. The van der Waals surface area contributed by atoms with E-state index in [1.165, 1.54) is 43.5 Å². The number of nitrogens with zero attached hydrogens (tertiary/aromatic N) is 1. The first-order valence-electron chi connectivity index (χ1n) is 11.0. The van der Waals surface area contributed by atoms with Gasteiger partial charge in [-0.1, -0.05) is 19.3 Å². The maximum atomic E-state index is 13.0. The summed E-state index contributed by atoms with van der Waals surface area (Å²) in [6.45, 7) is 3.10. The van der Waals surface area contributed by atoms with Gasteiger partial charge in [0.2, 0.25) is 0 Å². The van der Waals surface area contributed by atoms with Gasteiger partial charge < -0.3 is 15.0 Å². The average molecular weight is 419 g/mol. The third kappa shape index (κ3) is 6.03. The van der Waals surface area contributed by atoms with E-state index < -0.39 is 6.10 Å². The van der Waals surface area contributed by atoms with Crippen molar-refractivity contribution in [1.29, 1.82) is 0 Å². The monoisotopic (exact) mass is 418 g/mol. The number of esters is 1. The Labute approximate surface area is 177 Å². The Kier molecular flexibility index (Phi) is 7.82. The van der Waals surface area contributed by atoms with Crippen LogP contribution in [0.25, 0.3) is 0 Å². The molecule has 164 valence electrons. The van der Waals surface area contributed by atoms with Crippen LogP contribution >= 0.6 is 0 Å². The summed E-state index contributed by atoms with van der Waals surface area (Å²) in [5, 5.41) is 2.91. The van der Waals surface area contributed by atoms with E-state index in [0.29, 0.717) is 44.0 Å². The fourth-order valence-corrected chi connectivity index (χ4v) is 4.20. The van der Waals surface area contributed by atoms with Gasteiger partial charge >= 0.3 is 5.97 Å². The highest BCUT2D eigenvalue weighted by Crippen LogP contribution is 2.23. The van der Waals surface area contributed by atoms with Gasteiger partial charge in [-0.25, -0.2) is 4.39 Å². The lowest BCUT2D eigenvalue weighted by Gasteiger charge is -2.31. The number of halogens is 1. The molecule has 1 atom stereocenters. The number of nitrogens with one attached hydrogen (secondary N) is 1. The number of likely N-dealkylation sites (tertiary alicyclic amines) is 1. The molecule has 3 rings (SSSR count). The van der Waals surface area contributed by atoms with E-state index in [9.17, 15) is 18.8 Å². The van der Waals surface area contributed by atoms with Gasteiger partial charge in [-0.15, -0.1) is 0 Å². The van der Waals surface area contributed by atoms with E-state index in [0.717, 1.165) is 12.8 Å². The molecule has 0 bridgehead atoms. The normalized spacial score (nSPS) is 19.2. The van der Waals surface area contributed by atoms with Crippen LogP contribution in [-0.4, -0.2) is 48.4 Å². The fourth-order valence-electron chi connectivity index (χ4n) is 4.20. The highest BCUT2D eigenvalue weighted by Gasteiger charge is 2.31. The second-order valence-corrected chi connectivity index (χ2v) is 8.40. The van der Waals surface area contributed by atoms with Crippen molar-refractivity contribution in [1.82, 2.24) is 10.2 Å². The van der Waals surface area contributed by atoms with Gasteiger partial charge in [-0.2, -0.15) is 0 Å². The molecular weight excluding hydrogens is 387 g/mol. The summed E-state index contributed by atoms with van der Waals surface area (Å²) >= 11 is 0. The van der Waals surface area contributed by atoms with E-state index in [1.807, 2.05) is 0 Å². The first-order chi connectivity index (χ1) is 14.4. The standard InChI is InChI=1S/C23H31FN2O4/c1-16(21(27)25-15-17-5-3-2-4-6-17)30-23(29)19-11-13-26(14-12-19)22(28)18-7-9-20(24)10-8-18/h7-10,16-17,19H,2-6,11-15H2,1H3,(H,25,27). The van der Waals surface area contributed by atoms with E-state index in [-0.39, 0.29) is 29.5 Å². The molecule has 1 unspecified atom stereocenters. The van der Waals surface area contributed by atoms with Gasteiger partial charge in [0.25, 0.3) is 11.8 Å². The number of piperidine rings is 1. The number of ether oxygens (including phenoxy) is 1. The number of amides is 2. The smallest absolute Gasteiger partial charge is 0.309 e. The van der Waals surface area contributed by atoms with Gasteiger partial charge in [-0.05, 0) is 62.8 Å². The lowest BCUT2D eigenvalue weighted by Crippen LogP contribution is -2.43. The average Bonchev–Trinajstić information content (AvgIpc) is 2.78. The maximum absolute atomic E-state index is 13.0. The molecule has 1 aromatic carbocycles. The van der Waals surface area contributed by atoms with Crippen LogP contribution in [-0.2, 0) is 14.3 Å². The highest BCUT2D eigenvalue weighted by molar-refractivity contribution is 5.94. The summed E-state index contributed by atoms with van der Waals surface area (Å²) in [7, 11) is 0. The summed E-state index contributed by atoms with van der Waals surface area (Å²) in [4.78, 5) is 38.9. The summed E-state index contributed by atoms with van der Waals surface area (Å²) in [6.07, 6.45) is 6.14. The van der Waals surface area contributed by atoms with Crippen molar-refractivity contribution in [2.75, 3.05) is 19.6 Å². The summed E-state index contributed by atoms with van der Waals surface area (Å²) in [5.41, 5.74) is 0.431. The minimum absolute atomic E-state index is 0.169. The molecule has 30 heavy (non-hydrogen) atoms. The Hall–Kier alpha value is -2.44. The Balaban J connectivity index is 1.40. The van der Waals surface area contributed by atoms with Gasteiger partial charge in [-0.3, -0.25) is 14.4 Å². The number of carbonyl (C=O) groups excluding carboxylic acids is 3. The Bertz CT molecular complexity index is 738. The molecule has 7 heteroatoms. The largest absolute Gasteiger partial charge is 0.452 e. The minimum Gasteiger partial charge on any atom is -0.452 e. The van der Waals surface area contributed by atoms with E-state index in [2.05, 4.69) is 5.32 Å². The van der Waals surface area contributed by atoms with Crippen LogP contribution in [0, 0.1) is 17.7 Å². The first-order valence-corrected chi connectivity index (χ1v) is 11.0. The predicted molar refractivity (Wildman–Crippen MR) is 110 cm³/mol. The lowest BCUT2D eigenvalue weighted by atomic mass is 9.89. The predicted octanol–water partition coefficient (Wildman–Crippen LogP) is 3.31. The number of benzene rings is 1. The SMILES string of the molecule is CC(OC(=O)C1CCN(C(=O)c2ccc(F)cc2)CC1)C(=O)NCC1CCCCC1. The second-order valence-electron chi connectivity index (χ2n) is 8.40. The van der Waals surface area contributed by atoms with Crippen molar-refractivity contribution in [3.63, 3.8) is 0 Å². The number of carbonyl (C=O) groups is 3. The van der Waals surface area contributed by atoms with Crippen LogP contribution in [0.5, 0.6) is 0 Å². The third-order valence-corrected chi connectivity index (χ3v) is 6.16. The zero-order valence-corrected chi connectivity index (χ0v) is 17.6. The Morgan fingerprint density at radius 1 is 1.07 bits per heavy atom. The molecule has 1 saturated carbocycles. The quantitative estimate of drug-likeness (QED) is 0.719. The van der Waals surface area contributed by atoms with Gasteiger partial charge in [0.1, 0.15) is 5.82 Å². The molecule has 1 aliphatic heterocycles. The van der Waals surface area contributed by atoms with Crippen LogP contribution < -0.4 is 5.32 Å². The highest BCUT2D eigenvalue weighted by atomic mass is 19.1. The molecule has 2 amide bonds. The molecule has 1 aliphatic carbocycles. The molecule has 2 fully saturated rings. The first kappa shape index (κ1) is 22.2. The molecule has 0 radical (unpaired) electrons. The zero-order valence-electron chi connectivity index (χ0n) is 17.6. The summed E-state index contributed by atoms with van der Waals surface area (Å²) in [6, 6.07) is 5.45. The van der Waals surface area contributed by atoms with Crippen LogP contribution in [0.4, 0.5) is 4.39 Å². The zero-order chi connectivity index (χ0) is 21.5. The summed E-state index contributed by atoms with van der Waals surface area (Å²) in [5.74, 6) is -0.992. The van der Waals surface area contributed by atoms with Crippen molar-refractivity contribution in [3.8, 4) is 0 Å². The van der Waals surface area contributed by atoms with Crippen molar-refractivity contribution in [3.05, 3.63) is 35.6 Å². The molecular formula is C23H31FN2O4.